The number of ether oxygens (including phenoxy) is 3. The summed E-state index contributed by atoms with van der Waals surface area (Å²) in [5.41, 5.74) is 3.76. The Kier molecular flexibility index (Phi) is 7.93. The number of hydrogen-bond donors (Lipinski definition) is 3. The van der Waals surface area contributed by atoms with E-state index in [2.05, 4.69) is 33.9 Å². The van der Waals surface area contributed by atoms with Crippen molar-refractivity contribution in [3.05, 3.63) is 47.7 Å². The summed E-state index contributed by atoms with van der Waals surface area (Å²) in [7, 11) is 3.23. The van der Waals surface area contributed by atoms with Gasteiger partial charge in [-0.05, 0) is 87.8 Å². The van der Waals surface area contributed by atoms with Crippen molar-refractivity contribution in [2.24, 2.45) is 0 Å². The summed E-state index contributed by atoms with van der Waals surface area (Å²) >= 11 is 5.61. The van der Waals surface area contributed by atoms with E-state index in [1.54, 1.807) is 20.4 Å². The number of thiocarbonyl (C=S) groups is 1. The quantitative estimate of drug-likeness (QED) is 0.373. The fourth-order valence-electron chi connectivity index (χ4n) is 4.46. The van der Waals surface area contributed by atoms with E-state index in [1.165, 1.54) is 19.3 Å². The second-order valence-corrected chi connectivity index (χ2v) is 9.42. The molecule has 0 aliphatic carbocycles. The molecule has 2 unspecified atom stereocenters. The maximum Gasteiger partial charge on any atom is 0.171 e. The van der Waals surface area contributed by atoms with Crippen LogP contribution >= 0.6 is 12.2 Å². The molecule has 35 heavy (non-hydrogen) atoms. The molecule has 1 fully saturated rings. The number of fused-ring (bicyclic) bond motifs is 1. The zero-order valence-electron chi connectivity index (χ0n) is 21.0. The molecule has 0 amide bonds. The van der Waals surface area contributed by atoms with Gasteiger partial charge in [0.2, 0.25) is 0 Å². The van der Waals surface area contributed by atoms with E-state index >= 15 is 0 Å². The summed E-state index contributed by atoms with van der Waals surface area (Å²) in [5.74, 6) is 2.73. The monoisotopic (exact) mass is 494 g/mol. The molecule has 1 saturated heterocycles. The van der Waals surface area contributed by atoms with Crippen molar-refractivity contribution >= 4 is 33.9 Å². The highest BCUT2D eigenvalue weighted by Crippen LogP contribution is 2.38. The predicted molar refractivity (Wildman–Crippen MR) is 145 cm³/mol. The van der Waals surface area contributed by atoms with Gasteiger partial charge in [-0.25, -0.2) is 0 Å². The fourth-order valence-corrected chi connectivity index (χ4v) is 4.76. The molecule has 3 aromatic rings. The SMILES string of the molecule is COc1cc2nccc(Oc3cc(C)c(NC(=S)NC(C)C4CCCCN4)cc3C)c2cc1OC. The van der Waals surface area contributed by atoms with Crippen LogP contribution in [0, 0.1) is 13.8 Å². The number of nitrogens with one attached hydrogen (secondary N) is 3. The van der Waals surface area contributed by atoms with Crippen molar-refractivity contribution in [2.45, 2.75) is 52.1 Å². The molecule has 1 aliphatic rings. The van der Waals surface area contributed by atoms with Crippen molar-refractivity contribution < 1.29 is 14.2 Å². The first-order valence-electron chi connectivity index (χ1n) is 12.0. The standard InChI is InChI=1S/C27H34N4O3S/c1-16-13-24(34-23-9-11-29-22-15-26(33-5)25(32-4)14-19(22)23)17(2)12-21(16)31-27(35)30-18(3)20-8-6-7-10-28-20/h9,11-15,18,20,28H,6-8,10H2,1-5H3,(H2,30,31,35). The molecule has 1 aliphatic heterocycles. The van der Waals surface area contributed by atoms with Crippen molar-refractivity contribution in [3.8, 4) is 23.0 Å². The Balaban J connectivity index is 1.51. The highest BCUT2D eigenvalue weighted by Gasteiger charge is 2.20. The van der Waals surface area contributed by atoms with Crippen LogP contribution in [0.5, 0.6) is 23.0 Å². The van der Waals surface area contributed by atoms with Crippen LogP contribution in [0.2, 0.25) is 0 Å². The third-order valence-electron chi connectivity index (χ3n) is 6.51. The summed E-state index contributed by atoms with van der Waals surface area (Å²) in [5, 5.41) is 11.9. The van der Waals surface area contributed by atoms with Gasteiger partial charge in [-0.3, -0.25) is 4.98 Å². The molecular weight excluding hydrogens is 460 g/mol. The summed E-state index contributed by atoms with van der Waals surface area (Å²) in [4.78, 5) is 4.46. The number of nitrogens with zero attached hydrogens (tertiary/aromatic N) is 1. The van der Waals surface area contributed by atoms with E-state index in [9.17, 15) is 0 Å². The van der Waals surface area contributed by atoms with Gasteiger partial charge >= 0.3 is 0 Å². The van der Waals surface area contributed by atoms with Gasteiger partial charge in [0.05, 0.1) is 19.7 Å². The summed E-state index contributed by atoms with van der Waals surface area (Å²) in [6.07, 6.45) is 5.41. The minimum Gasteiger partial charge on any atom is -0.493 e. The first-order valence-corrected chi connectivity index (χ1v) is 12.4. The highest BCUT2D eigenvalue weighted by molar-refractivity contribution is 7.80. The smallest absolute Gasteiger partial charge is 0.171 e. The van der Waals surface area contributed by atoms with Gasteiger partial charge in [0, 0.05) is 35.4 Å². The topological polar surface area (TPSA) is 76.7 Å². The Morgan fingerprint density at radius 2 is 1.80 bits per heavy atom. The lowest BCUT2D eigenvalue weighted by molar-refractivity contribution is 0.347. The van der Waals surface area contributed by atoms with E-state index < -0.39 is 0 Å². The Hall–Kier alpha value is -3.10. The van der Waals surface area contributed by atoms with E-state index in [0.29, 0.717) is 28.4 Å². The summed E-state index contributed by atoms with van der Waals surface area (Å²) in [6.45, 7) is 7.32. The minimum absolute atomic E-state index is 0.259. The van der Waals surface area contributed by atoms with E-state index in [4.69, 9.17) is 26.4 Å². The molecule has 0 radical (unpaired) electrons. The lowest BCUT2D eigenvalue weighted by Crippen LogP contribution is -2.51. The second-order valence-electron chi connectivity index (χ2n) is 9.01. The van der Waals surface area contributed by atoms with Gasteiger partial charge in [-0.1, -0.05) is 6.42 Å². The molecule has 186 valence electrons. The summed E-state index contributed by atoms with van der Waals surface area (Å²) < 4.78 is 17.2. The van der Waals surface area contributed by atoms with Crippen molar-refractivity contribution in [1.29, 1.82) is 0 Å². The third-order valence-corrected chi connectivity index (χ3v) is 6.73. The van der Waals surface area contributed by atoms with Gasteiger partial charge in [-0.2, -0.15) is 0 Å². The number of piperidine rings is 1. The molecule has 7 nitrogen and oxygen atoms in total. The van der Waals surface area contributed by atoms with Gasteiger partial charge in [0.1, 0.15) is 11.5 Å². The number of aromatic nitrogens is 1. The molecule has 8 heteroatoms. The van der Waals surface area contributed by atoms with E-state index in [-0.39, 0.29) is 6.04 Å². The average Bonchev–Trinajstić information content (AvgIpc) is 2.86. The molecule has 2 aromatic carbocycles. The highest BCUT2D eigenvalue weighted by atomic mass is 32.1. The van der Waals surface area contributed by atoms with Crippen LogP contribution < -0.4 is 30.2 Å². The largest absolute Gasteiger partial charge is 0.493 e. The van der Waals surface area contributed by atoms with Crippen LogP contribution in [-0.2, 0) is 0 Å². The van der Waals surface area contributed by atoms with E-state index in [1.807, 2.05) is 38.1 Å². The van der Waals surface area contributed by atoms with Gasteiger partial charge in [-0.15, -0.1) is 0 Å². The number of methoxy groups -OCH3 is 2. The Bertz CT molecular complexity index is 1210. The van der Waals surface area contributed by atoms with Crippen molar-refractivity contribution in [3.63, 3.8) is 0 Å². The second kappa shape index (κ2) is 11.1. The zero-order valence-corrected chi connectivity index (χ0v) is 21.8. The minimum atomic E-state index is 0.259. The molecular formula is C27H34N4O3S. The number of anilines is 1. The molecule has 4 rings (SSSR count). The normalized spacial score (nSPS) is 16.4. The maximum atomic E-state index is 6.36. The first kappa shape index (κ1) is 25.0. The number of hydrogen-bond acceptors (Lipinski definition) is 6. The molecule has 0 bridgehead atoms. The summed E-state index contributed by atoms with van der Waals surface area (Å²) in [6, 6.07) is 10.4. The maximum absolute atomic E-state index is 6.36. The van der Waals surface area contributed by atoms with Gasteiger partial charge < -0.3 is 30.2 Å². The molecule has 3 N–H and O–H groups in total. The van der Waals surface area contributed by atoms with Crippen LogP contribution in [0.25, 0.3) is 10.9 Å². The van der Waals surface area contributed by atoms with Crippen LogP contribution in [0.1, 0.15) is 37.3 Å². The molecule has 1 aromatic heterocycles. The Morgan fingerprint density at radius 1 is 1.03 bits per heavy atom. The van der Waals surface area contributed by atoms with Crippen LogP contribution in [-0.4, -0.2) is 42.9 Å². The number of aryl methyl sites for hydroxylation is 2. The van der Waals surface area contributed by atoms with Crippen molar-refractivity contribution in [2.75, 3.05) is 26.1 Å². The Labute approximate surface area is 212 Å². The van der Waals surface area contributed by atoms with Crippen LogP contribution in [0.4, 0.5) is 5.69 Å². The predicted octanol–water partition coefficient (Wildman–Crippen LogP) is 5.48. The molecule has 2 heterocycles. The van der Waals surface area contributed by atoms with E-state index in [0.717, 1.165) is 40.0 Å². The fraction of sp³-hybridized carbons (Fsp3) is 0.407. The van der Waals surface area contributed by atoms with Gasteiger partial charge in [0.15, 0.2) is 16.6 Å². The van der Waals surface area contributed by atoms with Crippen LogP contribution in [0.3, 0.4) is 0 Å². The zero-order chi connectivity index (χ0) is 24.9. The average molecular weight is 495 g/mol. The number of pyridine rings is 1. The Morgan fingerprint density at radius 3 is 2.51 bits per heavy atom. The van der Waals surface area contributed by atoms with Crippen LogP contribution in [0.15, 0.2) is 36.5 Å². The lowest BCUT2D eigenvalue weighted by atomic mass is 9.99. The third kappa shape index (κ3) is 5.77. The van der Waals surface area contributed by atoms with Gasteiger partial charge in [0.25, 0.3) is 0 Å². The molecule has 2 atom stereocenters. The molecule has 0 spiro atoms. The van der Waals surface area contributed by atoms with Crippen molar-refractivity contribution in [1.82, 2.24) is 15.6 Å². The molecule has 0 saturated carbocycles. The lowest BCUT2D eigenvalue weighted by Gasteiger charge is -2.30. The number of benzene rings is 2. The first-order chi connectivity index (χ1) is 16.9. The number of rotatable bonds is 7.